The summed E-state index contributed by atoms with van der Waals surface area (Å²) in [5.74, 6) is 0.320. The van der Waals surface area contributed by atoms with Gasteiger partial charge in [0.2, 0.25) is 5.88 Å². The molecule has 0 N–H and O–H groups in total. The molecule has 0 fully saturated rings. The number of aryl methyl sites for hydroxylation is 1. The zero-order valence-electron chi connectivity index (χ0n) is 16.6. The van der Waals surface area contributed by atoms with E-state index in [1.54, 1.807) is 49.4 Å². The van der Waals surface area contributed by atoms with Gasteiger partial charge in [-0.05, 0) is 36.8 Å². The molecule has 1 atom stereocenters. The summed E-state index contributed by atoms with van der Waals surface area (Å²) in [5.41, 5.74) is 0.813. The number of benzene rings is 2. The van der Waals surface area contributed by atoms with E-state index in [9.17, 15) is 9.59 Å². The van der Waals surface area contributed by atoms with E-state index >= 15 is 0 Å². The van der Waals surface area contributed by atoms with Gasteiger partial charge in [-0.15, -0.1) is 6.58 Å². The molecule has 0 aliphatic carbocycles. The number of halogens is 1. The van der Waals surface area contributed by atoms with Crippen molar-refractivity contribution < 1.29 is 9.15 Å². The van der Waals surface area contributed by atoms with Crippen LogP contribution in [0.3, 0.4) is 0 Å². The third kappa shape index (κ3) is 2.99. The van der Waals surface area contributed by atoms with Crippen LogP contribution in [0.15, 0.2) is 75.2 Å². The predicted molar refractivity (Wildman–Crippen MR) is 118 cm³/mol. The average Bonchev–Trinajstić information content (AvgIpc) is 2.76. The molecule has 0 saturated carbocycles. The van der Waals surface area contributed by atoms with E-state index in [1.807, 2.05) is 12.1 Å². The van der Waals surface area contributed by atoms with Crippen molar-refractivity contribution in [2.75, 3.05) is 0 Å². The first-order chi connectivity index (χ1) is 15.0. The number of nitrogens with zero attached hydrogens (tertiary/aromatic N) is 2. The molecule has 3 heterocycles. The summed E-state index contributed by atoms with van der Waals surface area (Å²) in [7, 11) is 0. The molecule has 2 aromatic heterocycles. The Hall–Kier alpha value is -3.64. The lowest BCUT2D eigenvalue weighted by Crippen LogP contribution is -2.33. The molecule has 2 aromatic carbocycles. The SMILES string of the molecule is C=CCn1c(C)nc2c(c1=O)[C@@H](c1ccc(Cl)cc1)c1c(c3ccccc3oc1=O)O2. The van der Waals surface area contributed by atoms with E-state index in [0.29, 0.717) is 33.1 Å². The number of hydrogen-bond acceptors (Lipinski definition) is 5. The van der Waals surface area contributed by atoms with Crippen LogP contribution in [0.4, 0.5) is 0 Å². The smallest absolute Gasteiger partial charge is 0.344 e. The number of rotatable bonds is 3. The molecule has 1 aliphatic rings. The second-order valence-corrected chi connectivity index (χ2v) is 7.73. The van der Waals surface area contributed by atoms with Crippen LogP contribution in [0.5, 0.6) is 11.6 Å². The predicted octanol–water partition coefficient (Wildman–Crippen LogP) is 4.78. The van der Waals surface area contributed by atoms with Crippen molar-refractivity contribution in [2.45, 2.75) is 19.4 Å². The molecule has 154 valence electrons. The molecule has 5 rings (SSSR count). The number of hydrogen-bond donors (Lipinski definition) is 0. The highest BCUT2D eigenvalue weighted by Crippen LogP contribution is 2.46. The van der Waals surface area contributed by atoms with Crippen LogP contribution < -0.4 is 15.9 Å². The van der Waals surface area contributed by atoms with Gasteiger partial charge in [-0.3, -0.25) is 9.36 Å². The van der Waals surface area contributed by atoms with Crippen LogP contribution in [0.2, 0.25) is 5.02 Å². The van der Waals surface area contributed by atoms with Gasteiger partial charge in [0.1, 0.15) is 11.4 Å². The molecule has 7 heteroatoms. The Morgan fingerprint density at radius 3 is 2.61 bits per heavy atom. The van der Waals surface area contributed by atoms with Crippen molar-refractivity contribution >= 4 is 22.6 Å². The molecular weight excluding hydrogens is 416 g/mol. The lowest BCUT2D eigenvalue weighted by atomic mass is 9.84. The summed E-state index contributed by atoms with van der Waals surface area (Å²) in [5, 5.41) is 1.18. The third-order valence-electron chi connectivity index (χ3n) is 5.45. The van der Waals surface area contributed by atoms with Gasteiger partial charge >= 0.3 is 5.63 Å². The first-order valence-corrected chi connectivity index (χ1v) is 10.1. The first-order valence-electron chi connectivity index (χ1n) is 9.71. The fourth-order valence-electron chi connectivity index (χ4n) is 4.04. The number of aromatic nitrogens is 2. The maximum atomic E-state index is 13.5. The van der Waals surface area contributed by atoms with Crippen molar-refractivity contribution in [1.82, 2.24) is 9.55 Å². The zero-order chi connectivity index (χ0) is 21.7. The van der Waals surface area contributed by atoms with Gasteiger partial charge in [0.15, 0.2) is 5.75 Å². The number of para-hydroxylation sites is 1. The van der Waals surface area contributed by atoms with E-state index in [2.05, 4.69) is 11.6 Å². The van der Waals surface area contributed by atoms with Crippen molar-refractivity contribution in [3.05, 3.63) is 109 Å². The summed E-state index contributed by atoms with van der Waals surface area (Å²) in [6.07, 6.45) is 1.62. The van der Waals surface area contributed by atoms with E-state index in [1.165, 1.54) is 4.57 Å². The number of fused-ring (bicyclic) bond motifs is 4. The average molecular weight is 433 g/mol. The molecule has 4 aromatic rings. The number of allylic oxidation sites excluding steroid dienone is 1. The minimum Gasteiger partial charge on any atom is -0.437 e. The van der Waals surface area contributed by atoms with Gasteiger partial charge < -0.3 is 9.15 Å². The van der Waals surface area contributed by atoms with E-state index in [4.69, 9.17) is 20.8 Å². The fourth-order valence-corrected chi connectivity index (χ4v) is 4.17. The van der Waals surface area contributed by atoms with Crippen LogP contribution >= 0.6 is 11.6 Å². The summed E-state index contributed by atoms with van der Waals surface area (Å²) in [4.78, 5) is 31.2. The highest BCUT2D eigenvalue weighted by molar-refractivity contribution is 6.30. The van der Waals surface area contributed by atoms with Gasteiger partial charge in [0.05, 0.1) is 22.4 Å². The first kappa shape index (κ1) is 19.3. The normalized spacial score (nSPS) is 14.6. The van der Waals surface area contributed by atoms with Crippen molar-refractivity contribution in [3.63, 3.8) is 0 Å². The Morgan fingerprint density at radius 2 is 1.87 bits per heavy atom. The molecule has 0 radical (unpaired) electrons. The fraction of sp³-hybridized carbons (Fsp3) is 0.125. The second-order valence-electron chi connectivity index (χ2n) is 7.30. The lowest BCUT2D eigenvalue weighted by molar-refractivity contribution is 0.414. The van der Waals surface area contributed by atoms with Crippen LogP contribution in [0.1, 0.15) is 28.4 Å². The maximum Gasteiger partial charge on any atom is 0.344 e. The monoisotopic (exact) mass is 432 g/mol. The lowest BCUT2D eigenvalue weighted by Gasteiger charge is -2.28. The van der Waals surface area contributed by atoms with Gasteiger partial charge in [0, 0.05) is 11.6 Å². The highest BCUT2D eigenvalue weighted by atomic mass is 35.5. The molecular formula is C24H17ClN2O4. The molecule has 31 heavy (non-hydrogen) atoms. The van der Waals surface area contributed by atoms with E-state index in [0.717, 1.165) is 0 Å². The molecule has 0 amide bonds. The molecule has 0 bridgehead atoms. The molecule has 0 saturated heterocycles. The minimum atomic E-state index is -0.714. The summed E-state index contributed by atoms with van der Waals surface area (Å²) < 4.78 is 13.2. The highest BCUT2D eigenvalue weighted by Gasteiger charge is 2.37. The van der Waals surface area contributed by atoms with E-state index < -0.39 is 11.5 Å². The van der Waals surface area contributed by atoms with E-state index in [-0.39, 0.29) is 29.1 Å². The maximum absolute atomic E-state index is 13.5. The van der Waals surface area contributed by atoms with Crippen molar-refractivity contribution in [2.24, 2.45) is 0 Å². The molecule has 1 aliphatic heterocycles. The van der Waals surface area contributed by atoms with Gasteiger partial charge in [-0.2, -0.15) is 4.98 Å². The molecule has 0 unspecified atom stereocenters. The largest absolute Gasteiger partial charge is 0.437 e. The Kier molecular flexibility index (Phi) is 4.52. The Labute approximate surface area is 182 Å². The quantitative estimate of drug-likeness (QED) is 0.303. The van der Waals surface area contributed by atoms with Crippen molar-refractivity contribution in [3.8, 4) is 11.6 Å². The minimum absolute atomic E-state index is 0.186. The van der Waals surface area contributed by atoms with Crippen LogP contribution in [0, 0.1) is 6.92 Å². The van der Waals surface area contributed by atoms with Crippen molar-refractivity contribution in [1.29, 1.82) is 0 Å². The second kappa shape index (κ2) is 7.25. The standard InChI is InChI=1S/C24H17ClN2O4/c1-3-12-27-13(2)26-22-20(23(27)28)18(14-8-10-15(25)11-9-14)19-21(31-22)16-6-4-5-7-17(16)30-24(19)29/h3-11,18H,1,12H2,2H3/t18-/m0/s1. The summed E-state index contributed by atoms with van der Waals surface area (Å²) in [6.45, 7) is 5.75. The van der Waals surface area contributed by atoms with Crippen LogP contribution in [-0.4, -0.2) is 9.55 Å². The topological polar surface area (TPSA) is 74.3 Å². The summed E-state index contributed by atoms with van der Waals surface area (Å²) in [6, 6.07) is 14.1. The molecule has 0 spiro atoms. The Bertz CT molecular complexity index is 1470. The Morgan fingerprint density at radius 1 is 1.13 bits per heavy atom. The van der Waals surface area contributed by atoms with Gasteiger partial charge in [-0.25, -0.2) is 4.79 Å². The Balaban J connectivity index is 1.90. The molecule has 6 nitrogen and oxygen atoms in total. The zero-order valence-corrected chi connectivity index (χ0v) is 17.3. The third-order valence-corrected chi connectivity index (χ3v) is 5.70. The van der Waals surface area contributed by atoms with Gasteiger partial charge in [-0.1, -0.05) is 41.9 Å². The number of ether oxygens (including phenoxy) is 1. The summed E-state index contributed by atoms with van der Waals surface area (Å²) >= 11 is 6.08. The van der Waals surface area contributed by atoms with Crippen LogP contribution in [0.25, 0.3) is 11.0 Å². The van der Waals surface area contributed by atoms with Crippen LogP contribution in [-0.2, 0) is 6.54 Å². The van der Waals surface area contributed by atoms with Gasteiger partial charge in [0.25, 0.3) is 5.56 Å².